The summed E-state index contributed by atoms with van der Waals surface area (Å²) in [5.74, 6) is -0.123. The highest BCUT2D eigenvalue weighted by atomic mass is 16.5. The Morgan fingerprint density at radius 1 is 1.30 bits per heavy atom. The highest BCUT2D eigenvalue weighted by molar-refractivity contribution is 6.04. The van der Waals surface area contributed by atoms with Crippen LogP contribution >= 0.6 is 0 Å². The number of hydrogen-bond donors (Lipinski definition) is 1. The number of nitrogens with one attached hydrogen (secondary N) is 1. The Morgan fingerprint density at radius 2 is 2.13 bits per heavy atom. The summed E-state index contributed by atoms with van der Waals surface area (Å²) in [6.07, 6.45) is 4.20. The summed E-state index contributed by atoms with van der Waals surface area (Å²) in [6.45, 7) is 1.63. The maximum Gasteiger partial charge on any atom is 0.276 e. The standard InChI is InChI=1S/C18H21N3O2/c1-21(15-6-3-2-4-7-15)18(22)17-10-9-14(12-20-17)19-13-16-8-5-11-23-16/h2-4,6-7,9-10,12,16,19H,5,8,11,13H2,1H3. The van der Waals surface area contributed by atoms with Crippen molar-refractivity contribution in [3.05, 3.63) is 54.4 Å². The van der Waals surface area contributed by atoms with Crippen LogP contribution < -0.4 is 10.2 Å². The van der Waals surface area contributed by atoms with Gasteiger partial charge in [-0.15, -0.1) is 0 Å². The van der Waals surface area contributed by atoms with Crippen molar-refractivity contribution in [3.63, 3.8) is 0 Å². The van der Waals surface area contributed by atoms with Crippen LogP contribution in [0.1, 0.15) is 23.3 Å². The number of ether oxygens (including phenoxy) is 1. The molecule has 0 bridgehead atoms. The van der Waals surface area contributed by atoms with Gasteiger partial charge in [-0.05, 0) is 37.1 Å². The van der Waals surface area contributed by atoms with Gasteiger partial charge >= 0.3 is 0 Å². The minimum Gasteiger partial charge on any atom is -0.381 e. The maximum absolute atomic E-state index is 12.4. The highest BCUT2D eigenvalue weighted by Crippen LogP contribution is 2.16. The Balaban J connectivity index is 1.61. The van der Waals surface area contributed by atoms with Crippen LogP contribution in [-0.2, 0) is 4.74 Å². The number of amides is 1. The fourth-order valence-electron chi connectivity index (χ4n) is 2.60. The number of nitrogens with zero attached hydrogens (tertiary/aromatic N) is 2. The first-order valence-corrected chi connectivity index (χ1v) is 7.88. The molecular weight excluding hydrogens is 290 g/mol. The van der Waals surface area contributed by atoms with E-state index >= 15 is 0 Å². The molecule has 1 aromatic carbocycles. The van der Waals surface area contributed by atoms with Gasteiger partial charge in [-0.25, -0.2) is 4.98 Å². The molecule has 0 aliphatic carbocycles. The average Bonchev–Trinajstić information content (AvgIpc) is 3.13. The van der Waals surface area contributed by atoms with E-state index < -0.39 is 0 Å². The Bertz CT molecular complexity index is 637. The lowest BCUT2D eigenvalue weighted by atomic mass is 10.2. The predicted molar refractivity (Wildman–Crippen MR) is 90.9 cm³/mol. The van der Waals surface area contributed by atoms with Gasteiger partial charge in [-0.1, -0.05) is 18.2 Å². The summed E-state index contributed by atoms with van der Waals surface area (Å²) in [5.41, 5.74) is 2.18. The van der Waals surface area contributed by atoms with Crippen molar-refractivity contribution in [2.75, 3.05) is 30.4 Å². The van der Waals surface area contributed by atoms with Crippen LogP contribution in [0, 0.1) is 0 Å². The minimum absolute atomic E-state index is 0.123. The largest absolute Gasteiger partial charge is 0.381 e. The lowest BCUT2D eigenvalue weighted by Crippen LogP contribution is -2.27. The van der Waals surface area contributed by atoms with Crippen LogP contribution in [0.3, 0.4) is 0 Å². The fraction of sp³-hybridized carbons (Fsp3) is 0.333. The van der Waals surface area contributed by atoms with Crippen molar-refractivity contribution in [1.82, 2.24) is 4.98 Å². The summed E-state index contributed by atoms with van der Waals surface area (Å²) in [6, 6.07) is 13.2. The molecule has 1 N–H and O–H groups in total. The summed E-state index contributed by atoms with van der Waals surface area (Å²) in [7, 11) is 1.75. The van der Waals surface area contributed by atoms with E-state index in [9.17, 15) is 4.79 Å². The van der Waals surface area contributed by atoms with Crippen molar-refractivity contribution < 1.29 is 9.53 Å². The van der Waals surface area contributed by atoms with Crippen LogP contribution in [0.25, 0.3) is 0 Å². The molecule has 1 aliphatic rings. The number of hydrogen-bond acceptors (Lipinski definition) is 4. The molecule has 2 aromatic rings. The number of rotatable bonds is 5. The lowest BCUT2D eigenvalue weighted by molar-refractivity contribution is 0.0988. The van der Waals surface area contributed by atoms with Crippen molar-refractivity contribution in [1.29, 1.82) is 0 Å². The predicted octanol–water partition coefficient (Wildman–Crippen LogP) is 2.95. The van der Waals surface area contributed by atoms with Gasteiger partial charge in [0.25, 0.3) is 5.91 Å². The van der Waals surface area contributed by atoms with E-state index in [-0.39, 0.29) is 12.0 Å². The zero-order chi connectivity index (χ0) is 16.1. The van der Waals surface area contributed by atoms with E-state index in [2.05, 4.69) is 10.3 Å². The van der Waals surface area contributed by atoms with Crippen LogP contribution in [0.4, 0.5) is 11.4 Å². The van der Waals surface area contributed by atoms with Crippen molar-refractivity contribution >= 4 is 17.3 Å². The molecule has 1 unspecified atom stereocenters. The van der Waals surface area contributed by atoms with Crippen molar-refractivity contribution in [3.8, 4) is 0 Å². The van der Waals surface area contributed by atoms with E-state index in [1.807, 2.05) is 36.4 Å². The first-order valence-electron chi connectivity index (χ1n) is 7.88. The van der Waals surface area contributed by atoms with E-state index in [4.69, 9.17) is 4.74 Å². The Hall–Kier alpha value is -2.40. The quantitative estimate of drug-likeness (QED) is 0.922. The molecule has 2 heterocycles. The monoisotopic (exact) mass is 311 g/mol. The van der Waals surface area contributed by atoms with E-state index in [0.717, 1.165) is 37.4 Å². The number of anilines is 2. The fourth-order valence-corrected chi connectivity index (χ4v) is 2.60. The summed E-state index contributed by atoms with van der Waals surface area (Å²) < 4.78 is 5.57. The molecule has 3 rings (SSSR count). The highest BCUT2D eigenvalue weighted by Gasteiger charge is 2.16. The minimum atomic E-state index is -0.123. The van der Waals surface area contributed by atoms with Gasteiger partial charge in [0.1, 0.15) is 5.69 Å². The molecule has 0 spiro atoms. The molecule has 1 atom stereocenters. The molecule has 23 heavy (non-hydrogen) atoms. The smallest absolute Gasteiger partial charge is 0.276 e. The SMILES string of the molecule is CN(C(=O)c1ccc(NCC2CCCO2)cn1)c1ccccc1. The lowest BCUT2D eigenvalue weighted by Gasteiger charge is -2.17. The molecule has 1 amide bonds. The van der Waals surface area contributed by atoms with Crippen LogP contribution in [-0.4, -0.2) is 37.2 Å². The number of para-hydroxylation sites is 1. The topological polar surface area (TPSA) is 54.5 Å². The average molecular weight is 311 g/mol. The number of aromatic nitrogens is 1. The number of benzene rings is 1. The molecule has 1 aromatic heterocycles. The first kappa shape index (κ1) is 15.5. The third-order valence-corrected chi connectivity index (χ3v) is 3.99. The Labute approximate surface area is 136 Å². The third-order valence-electron chi connectivity index (χ3n) is 3.99. The van der Waals surface area contributed by atoms with E-state index in [0.29, 0.717) is 5.69 Å². The molecule has 0 saturated carbocycles. The van der Waals surface area contributed by atoms with Gasteiger partial charge < -0.3 is 15.0 Å². The van der Waals surface area contributed by atoms with Gasteiger partial charge in [0.15, 0.2) is 0 Å². The Morgan fingerprint density at radius 3 is 2.78 bits per heavy atom. The van der Waals surface area contributed by atoms with Gasteiger partial charge in [0.05, 0.1) is 18.0 Å². The number of carbonyl (C=O) groups is 1. The molecule has 5 heteroatoms. The zero-order valence-corrected chi connectivity index (χ0v) is 13.2. The number of carbonyl (C=O) groups excluding carboxylic acids is 1. The second-order valence-electron chi connectivity index (χ2n) is 5.65. The first-order chi connectivity index (χ1) is 11.2. The molecule has 5 nitrogen and oxygen atoms in total. The molecule has 0 radical (unpaired) electrons. The molecule has 1 saturated heterocycles. The summed E-state index contributed by atoms with van der Waals surface area (Å²) in [5, 5.41) is 3.30. The van der Waals surface area contributed by atoms with Crippen LogP contribution in [0.5, 0.6) is 0 Å². The van der Waals surface area contributed by atoms with Crippen molar-refractivity contribution in [2.24, 2.45) is 0 Å². The second kappa shape index (κ2) is 7.24. The molecular formula is C18H21N3O2. The summed E-state index contributed by atoms with van der Waals surface area (Å²) in [4.78, 5) is 18.3. The van der Waals surface area contributed by atoms with E-state index in [1.54, 1.807) is 24.2 Å². The molecule has 120 valence electrons. The van der Waals surface area contributed by atoms with Crippen LogP contribution in [0.2, 0.25) is 0 Å². The maximum atomic E-state index is 12.4. The third kappa shape index (κ3) is 3.87. The molecule has 1 fully saturated rings. The van der Waals surface area contributed by atoms with Gasteiger partial charge in [0, 0.05) is 25.9 Å². The van der Waals surface area contributed by atoms with Gasteiger partial charge in [-0.2, -0.15) is 0 Å². The second-order valence-corrected chi connectivity index (χ2v) is 5.65. The number of pyridine rings is 1. The normalized spacial score (nSPS) is 17.0. The van der Waals surface area contributed by atoms with E-state index in [1.165, 1.54) is 0 Å². The zero-order valence-electron chi connectivity index (χ0n) is 13.2. The van der Waals surface area contributed by atoms with Crippen LogP contribution in [0.15, 0.2) is 48.7 Å². The van der Waals surface area contributed by atoms with Crippen molar-refractivity contribution in [2.45, 2.75) is 18.9 Å². The summed E-state index contributed by atoms with van der Waals surface area (Å²) >= 11 is 0. The van der Waals surface area contributed by atoms with Gasteiger partial charge in [0.2, 0.25) is 0 Å². The molecule has 1 aliphatic heterocycles. The Kier molecular flexibility index (Phi) is 4.88. The van der Waals surface area contributed by atoms with Gasteiger partial charge in [-0.3, -0.25) is 4.79 Å².